The molecule has 13 heteroatoms. The zero-order valence-electron chi connectivity index (χ0n) is 21.5. The van der Waals surface area contributed by atoms with Gasteiger partial charge in [-0.1, -0.05) is 18.5 Å². The number of nitrogens with two attached hydrogens (primary N) is 1. The summed E-state index contributed by atoms with van der Waals surface area (Å²) in [5, 5.41) is 44.6. The van der Waals surface area contributed by atoms with Crippen molar-refractivity contribution in [3.8, 4) is 5.75 Å². The van der Waals surface area contributed by atoms with Gasteiger partial charge in [0.2, 0.25) is 5.78 Å². The molecule has 0 radical (unpaired) electrons. The molecule has 3 aliphatic rings. The molecule has 212 valence electrons. The Morgan fingerprint density at radius 1 is 1.26 bits per heavy atom. The van der Waals surface area contributed by atoms with E-state index in [2.05, 4.69) is 0 Å². The highest BCUT2D eigenvalue weighted by Crippen LogP contribution is 2.53. The van der Waals surface area contributed by atoms with E-state index in [1.165, 1.54) is 30.0 Å². The topological polar surface area (TPSA) is 165 Å². The second-order valence-corrected chi connectivity index (χ2v) is 10.8. The number of alkyl halides is 2. The minimum Gasteiger partial charge on any atom is -0.508 e. The third-order valence-electron chi connectivity index (χ3n) is 7.97. The summed E-state index contributed by atoms with van der Waals surface area (Å²) < 4.78 is 26.0. The molecule has 0 aliphatic heterocycles. The highest BCUT2D eigenvalue weighted by atomic mass is 35.5. The van der Waals surface area contributed by atoms with Crippen molar-refractivity contribution in [2.75, 3.05) is 27.2 Å². The van der Waals surface area contributed by atoms with E-state index in [1.54, 1.807) is 6.92 Å². The second-order valence-electron chi connectivity index (χ2n) is 10.4. The summed E-state index contributed by atoms with van der Waals surface area (Å²) in [6.45, 7) is 1.47. The molecule has 0 heterocycles. The molecular weight excluding hydrogens is 540 g/mol. The largest absolute Gasteiger partial charge is 0.508 e. The van der Waals surface area contributed by atoms with Gasteiger partial charge in [-0.05, 0) is 56.6 Å². The molecule has 10 nitrogen and oxygen atoms in total. The third-order valence-corrected chi connectivity index (χ3v) is 8.44. The molecule has 0 bridgehead atoms. The molecule has 0 aromatic heterocycles. The normalized spacial score (nSPS) is 26.9. The van der Waals surface area contributed by atoms with Crippen molar-refractivity contribution in [2.45, 2.75) is 44.4 Å². The first kappa shape index (κ1) is 28.9. The lowest BCUT2D eigenvalue weighted by Gasteiger charge is -2.50. The van der Waals surface area contributed by atoms with Gasteiger partial charge in [-0.2, -0.15) is 0 Å². The number of amides is 1. The Balaban J connectivity index is 1.87. The Morgan fingerprint density at radius 3 is 2.44 bits per heavy atom. The number of aliphatic hydroxyl groups excluding tert-OH is 2. The van der Waals surface area contributed by atoms with Gasteiger partial charge in [-0.15, -0.1) is 0 Å². The molecule has 0 saturated heterocycles. The fourth-order valence-electron chi connectivity index (χ4n) is 6.20. The number of carbonyl (C=O) groups is 3. The number of nitrogens with zero attached hydrogens (tertiary/aromatic N) is 2. The SMILES string of the molecule is CCN(Cc1cc(O)c2c(c1Cl)C[C@H]1C[C@H]3[C@H](N(C)C)C(=O)C(C(N)=O)=C(O)[C@@]3(O)C(=O)C1=C2O)CC(F)F. The predicted molar refractivity (Wildman–Crippen MR) is 136 cm³/mol. The molecule has 1 saturated carbocycles. The van der Waals surface area contributed by atoms with E-state index in [0.717, 1.165) is 0 Å². The molecule has 0 spiro atoms. The molecule has 1 fully saturated rings. The van der Waals surface area contributed by atoms with Crippen LogP contribution in [0, 0.1) is 11.8 Å². The molecule has 4 atom stereocenters. The first-order valence-electron chi connectivity index (χ1n) is 12.3. The molecular formula is C26H30ClF2N3O7. The number of benzene rings is 1. The molecule has 1 amide bonds. The third kappa shape index (κ3) is 4.39. The summed E-state index contributed by atoms with van der Waals surface area (Å²) >= 11 is 6.66. The maximum atomic E-state index is 13.8. The summed E-state index contributed by atoms with van der Waals surface area (Å²) in [5.74, 6) is -7.59. The number of carbonyl (C=O) groups excluding carboxylic acids is 3. The van der Waals surface area contributed by atoms with Gasteiger partial charge < -0.3 is 26.2 Å². The number of halogens is 3. The molecule has 39 heavy (non-hydrogen) atoms. The number of Topliss-reactive ketones (excluding diaryl/α,β-unsaturated/α-hetero) is 2. The fourth-order valence-corrected chi connectivity index (χ4v) is 6.49. The van der Waals surface area contributed by atoms with Crippen molar-refractivity contribution in [1.29, 1.82) is 0 Å². The minimum absolute atomic E-state index is 0.00438. The van der Waals surface area contributed by atoms with Gasteiger partial charge >= 0.3 is 0 Å². The van der Waals surface area contributed by atoms with Crippen molar-refractivity contribution in [3.63, 3.8) is 0 Å². The summed E-state index contributed by atoms with van der Waals surface area (Å²) in [6, 6.07) is 0.0198. The van der Waals surface area contributed by atoms with Crippen LogP contribution in [-0.2, 0) is 27.3 Å². The number of hydrogen-bond acceptors (Lipinski definition) is 9. The lowest BCUT2D eigenvalue weighted by molar-refractivity contribution is -0.153. The summed E-state index contributed by atoms with van der Waals surface area (Å²) in [5.41, 5.74) is 1.85. The zero-order valence-corrected chi connectivity index (χ0v) is 22.3. The number of likely N-dealkylation sites (N-methyl/N-ethyl adjacent to an activating group) is 1. The smallest absolute Gasteiger partial charge is 0.255 e. The zero-order chi connectivity index (χ0) is 29.1. The van der Waals surface area contributed by atoms with Crippen LogP contribution >= 0.6 is 11.6 Å². The number of aromatic hydroxyl groups is 1. The summed E-state index contributed by atoms with van der Waals surface area (Å²) in [6.07, 6.45) is -2.66. The number of ketones is 2. The van der Waals surface area contributed by atoms with Crippen molar-refractivity contribution in [2.24, 2.45) is 17.6 Å². The number of rotatable bonds is 7. The van der Waals surface area contributed by atoms with Crippen LogP contribution < -0.4 is 5.73 Å². The van der Waals surface area contributed by atoms with E-state index in [-0.39, 0.29) is 47.7 Å². The van der Waals surface area contributed by atoms with Crippen LogP contribution in [-0.4, -0.2) is 93.0 Å². The quantitative estimate of drug-likeness (QED) is 0.307. The molecule has 0 unspecified atom stereocenters. The Labute approximate surface area is 227 Å². The van der Waals surface area contributed by atoms with Crippen LogP contribution in [0.25, 0.3) is 5.76 Å². The van der Waals surface area contributed by atoms with Gasteiger partial charge in [0.05, 0.1) is 18.2 Å². The number of phenols is 1. The number of phenolic OH excluding ortho intramolecular Hbond substituents is 1. The standard InChI is InChI=1S/C26H30ClF2N3O7/c1-4-32(9-15(28)29)8-11-7-14(33)17-12(19(11)27)5-10-6-13-20(31(2)3)22(35)18(25(30)38)24(37)26(13,39)23(36)16(10)21(17)34/h7,10,13,15,20,33-34,37,39H,4-6,8-9H2,1-3H3,(H2,30,38)/t10-,13-,20-,26-/m0/s1. The molecule has 1 aromatic carbocycles. The molecule has 3 aliphatic carbocycles. The van der Waals surface area contributed by atoms with Crippen LogP contribution in [0.1, 0.15) is 30.0 Å². The number of fused-ring (bicyclic) bond motifs is 3. The van der Waals surface area contributed by atoms with E-state index in [0.29, 0.717) is 5.56 Å². The maximum absolute atomic E-state index is 13.8. The van der Waals surface area contributed by atoms with E-state index in [4.69, 9.17) is 17.3 Å². The number of hydrogen-bond donors (Lipinski definition) is 5. The predicted octanol–water partition coefficient (Wildman–Crippen LogP) is 1.70. The van der Waals surface area contributed by atoms with Gasteiger partial charge in [-0.25, -0.2) is 8.78 Å². The van der Waals surface area contributed by atoms with Gasteiger partial charge in [0.25, 0.3) is 12.3 Å². The first-order valence-corrected chi connectivity index (χ1v) is 12.7. The maximum Gasteiger partial charge on any atom is 0.255 e. The van der Waals surface area contributed by atoms with Crippen LogP contribution in [0.2, 0.25) is 5.02 Å². The lowest BCUT2D eigenvalue weighted by Crippen LogP contribution is -2.65. The summed E-state index contributed by atoms with van der Waals surface area (Å²) in [4.78, 5) is 41.8. The van der Waals surface area contributed by atoms with Crippen LogP contribution in [0.3, 0.4) is 0 Å². The average molecular weight is 570 g/mol. The first-order chi connectivity index (χ1) is 18.2. The van der Waals surface area contributed by atoms with Crippen LogP contribution in [0.5, 0.6) is 5.75 Å². The molecule has 1 aromatic rings. The monoisotopic (exact) mass is 569 g/mol. The van der Waals surface area contributed by atoms with E-state index < -0.39 is 76.8 Å². The van der Waals surface area contributed by atoms with Gasteiger partial charge in [0.1, 0.15) is 22.8 Å². The Bertz CT molecular complexity index is 1330. The van der Waals surface area contributed by atoms with Crippen molar-refractivity contribution in [3.05, 3.63) is 44.7 Å². The van der Waals surface area contributed by atoms with Crippen molar-refractivity contribution >= 4 is 34.8 Å². The highest BCUT2D eigenvalue weighted by molar-refractivity contribution is 6.32. The number of primary amides is 1. The van der Waals surface area contributed by atoms with Crippen molar-refractivity contribution in [1.82, 2.24) is 9.80 Å². The van der Waals surface area contributed by atoms with E-state index in [9.17, 15) is 43.6 Å². The Morgan fingerprint density at radius 2 is 1.90 bits per heavy atom. The van der Waals surface area contributed by atoms with E-state index in [1.807, 2.05) is 0 Å². The second kappa shape index (κ2) is 10.2. The molecule has 6 N–H and O–H groups in total. The van der Waals surface area contributed by atoms with Crippen LogP contribution in [0.4, 0.5) is 8.78 Å². The molecule has 4 rings (SSSR count). The Kier molecular flexibility index (Phi) is 7.54. The van der Waals surface area contributed by atoms with Crippen molar-refractivity contribution < 1.29 is 43.6 Å². The highest BCUT2D eigenvalue weighted by Gasteiger charge is 2.64. The number of aliphatic hydroxyl groups is 3. The summed E-state index contributed by atoms with van der Waals surface area (Å²) in [7, 11) is 3.01. The van der Waals surface area contributed by atoms with Gasteiger partial charge in [0.15, 0.2) is 11.4 Å². The Hall–Kier alpha value is -3.06. The lowest BCUT2D eigenvalue weighted by atomic mass is 9.57. The van der Waals surface area contributed by atoms with E-state index >= 15 is 0 Å². The van der Waals surface area contributed by atoms with Gasteiger partial charge in [-0.3, -0.25) is 24.2 Å². The fraction of sp³-hybridized carbons (Fsp3) is 0.500. The van der Waals surface area contributed by atoms with Crippen LogP contribution in [0.15, 0.2) is 23.0 Å². The minimum atomic E-state index is -2.74. The van der Waals surface area contributed by atoms with Gasteiger partial charge in [0, 0.05) is 23.1 Å². The average Bonchev–Trinajstić information content (AvgIpc) is 2.83.